The van der Waals surface area contributed by atoms with Crippen molar-refractivity contribution < 1.29 is 17.6 Å². The summed E-state index contributed by atoms with van der Waals surface area (Å²) in [5, 5.41) is 11.6. The second-order valence-corrected chi connectivity index (χ2v) is 6.95. The van der Waals surface area contributed by atoms with E-state index in [1.54, 1.807) is 6.07 Å². The predicted molar refractivity (Wildman–Crippen MR) is 72.1 cm³/mol. The monoisotopic (exact) mass is 311 g/mol. The second kappa shape index (κ2) is 5.09. The Hall–Kier alpha value is -1.98. The number of carbonyl (C=O) groups excluding carboxylic acids is 1. The Kier molecular flexibility index (Phi) is 3.74. The van der Waals surface area contributed by atoms with E-state index in [1.807, 2.05) is 0 Å². The van der Waals surface area contributed by atoms with Crippen molar-refractivity contribution in [2.45, 2.75) is 24.3 Å². The lowest BCUT2D eigenvalue weighted by atomic mass is 10.0. The van der Waals surface area contributed by atoms with Crippen LogP contribution in [0.3, 0.4) is 0 Å². The zero-order chi connectivity index (χ0) is 15.8. The van der Waals surface area contributed by atoms with Crippen molar-refractivity contribution in [1.29, 1.82) is 5.26 Å². The first kappa shape index (κ1) is 15.4. The lowest BCUT2D eigenvalue weighted by Crippen LogP contribution is -2.63. The van der Waals surface area contributed by atoms with Gasteiger partial charge in [-0.05, 0) is 26.0 Å². The molecule has 1 heterocycles. The summed E-state index contributed by atoms with van der Waals surface area (Å²) in [6, 6.07) is 4.97. The molecule has 0 atom stereocenters. The number of nitriles is 1. The Morgan fingerprint density at radius 3 is 2.71 bits per heavy atom. The van der Waals surface area contributed by atoms with Crippen LogP contribution in [0.2, 0.25) is 0 Å². The first-order chi connectivity index (χ1) is 9.72. The molecule has 0 bridgehead atoms. The molecule has 2 rings (SSSR count). The van der Waals surface area contributed by atoms with E-state index in [1.165, 1.54) is 26.0 Å². The highest BCUT2D eigenvalue weighted by Gasteiger charge is 2.45. The van der Waals surface area contributed by atoms with Gasteiger partial charge in [0.15, 0.2) is 0 Å². The summed E-state index contributed by atoms with van der Waals surface area (Å²) in [6.45, 7) is 3.15. The third kappa shape index (κ3) is 2.39. The smallest absolute Gasteiger partial charge is 0.245 e. The van der Waals surface area contributed by atoms with Gasteiger partial charge in [0.2, 0.25) is 15.9 Å². The van der Waals surface area contributed by atoms with Crippen molar-refractivity contribution in [2.75, 3.05) is 13.1 Å². The van der Waals surface area contributed by atoms with E-state index in [0.717, 1.165) is 10.4 Å². The van der Waals surface area contributed by atoms with Crippen LogP contribution in [0, 0.1) is 17.1 Å². The number of piperazine rings is 1. The lowest BCUT2D eigenvalue weighted by Gasteiger charge is -2.39. The van der Waals surface area contributed by atoms with Crippen LogP contribution in [0.1, 0.15) is 19.4 Å². The van der Waals surface area contributed by atoms with Crippen molar-refractivity contribution in [3.05, 3.63) is 29.6 Å². The summed E-state index contributed by atoms with van der Waals surface area (Å²) in [5.41, 5.74) is -1.85. The molecule has 0 aliphatic carbocycles. The molecule has 6 nitrogen and oxygen atoms in total. The molecule has 112 valence electrons. The summed E-state index contributed by atoms with van der Waals surface area (Å²) in [4.78, 5) is 11.4. The maximum absolute atomic E-state index is 13.6. The average molecular weight is 311 g/mol. The minimum atomic E-state index is -4.16. The fraction of sp³-hybridized carbons (Fsp3) is 0.385. The van der Waals surface area contributed by atoms with Crippen LogP contribution in [0.4, 0.5) is 4.39 Å². The van der Waals surface area contributed by atoms with Gasteiger partial charge in [0.05, 0.1) is 0 Å². The van der Waals surface area contributed by atoms with E-state index in [0.29, 0.717) is 0 Å². The maximum atomic E-state index is 13.6. The molecular formula is C13H14FN3O3S. The average Bonchev–Trinajstić information content (AvgIpc) is 2.41. The zero-order valence-electron chi connectivity index (χ0n) is 11.6. The van der Waals surface area contributed by atoms with Gasteiger partial charge in [0, 0.05) is 13.1 Å². The van der Waals surface area contributed by atoms with Crippen LogP contribution in [0.5, 0.6) is 0 Å². The number of rotatable bonds is 2. The van der Waals surface area contributed by atoms with Crippen LogP contribution in [0.25, 0.3) is 0 Å². The number of carbonyl (C=O) groups is 1. The first-order valence-corrected chi connectivity index (χ1v) is 7.66. The fourth-order valence-electron chi connectivity index (χ4n) is 2.25. The molecule has 0 saturated carbocycles. The molecule has 1 aliphatic rings. The van der Waals surface area contributed by atoms with E-state index >= 15 is 0 Å². The van der Waals surface area contributed by atoms with E-state index in [4.69, 9.17) is 5.26 Å². The van der Waals surface area contributed by atoms with Gasteiger partial charge in [0.1, 0.15) is 27.9 Å². The van der Waals surface area contributed by atoms with Gasteiger partial charge in [0.25, 0.3) is 0 Å². The summed E-state index contributed by atoms with van der Waals surface area (Å²) in [7, 11) is -4.16. The predicted octanol–water partition coefficient (Wildman–Crippen LogP) is 0.596. The number of halogens is 1. The van der Waals surface area contributed by atoms with Gasteiger partial charge >= 0.3 is 0 Å². The molecule has 21 heavy (non-hydrogen) atoms. The molecular weight excluding hydrogens is 297 g/mol. The molecule has 1 saturated heterocycles. The Bertz CT molecular complexity index is 738. The van der Waals surface area contributed by atoms with Crippen molar-refractivity contribution in [1.82, 2.24) is 9.62 Å². The van der Waals surface area contributed by atoms with Crippen molar-refractivity contribution in [3.8, 4) is 6.07 Å². The van der Waals surface area contributed by atoms with Crippen LogP contribution >= 0.6 is 0 Å². The summed E-state index contributed by atoms with van der Waals surface area (Å²) in [6.07, 6.45) is 0. The van der Waals surface area contributed by atoms with Crippen LogP contribution < -0.4 is 5.32 Å². The van der Waals surface area contributed by atoms with E-state index in [9.17, 15) is 17.6 Å². The molecule has 1 fully saturated rings. The molecule has 0 aromatic heterocycles. The number of nitrogens with zero attached hydrogens (tertiary/aromatic N) is 2. The van der Waals surface area contributed by atoms with Crippen molar-refractivity contribution >= 4 is 15.9 Å². The number of hydrogen-bond acceptors (Lipinski definition) is 4. The minimum absolute atomic E-state index is 0.0580. The zero-order valence-corrected chi connectivity index (χ0v) is 12.4. The SMILES string of the molecule is CC1(C)C(=O)NCCN1S(=O)(=O)c1cccc(F)c1C#N. The van der Waals surface area contributed by atoms with Crippen molar-refractivity contribution in [2.24, 2.45) is 0 Å². The van der Waals surface area contributed by atoms with Crippen LogP contribution in [-0.4, -0.2) is 37.3 Å². The second-order valence-electron chi connectivity index (χ2n) is 5.12. The number of benzene rings is 1. The normalized spacial score (nSPS) is 18.9. The Labute approximate surface area is 122 Å². The number of hydrogen-bond donors (Lipinski definition) is 1. The van der Waals surface area contributed by atoms with Gasteiger partial charge in [-0.3, -0.25) is 4.79 Å². The Balaban J connectivity index is 2.61. The summed E-state index contributed by atoms with van der Waals surface area (Å²) >= 11 is 0. The molecule has 0 spiro atoms. The number of sulfonamides is 1. The quantitative estimate of drug-likeness (QED) is 0.866. The standard InChI is InChI=1S/C13H14FN3O3S/c1-13(2)12(18)16-6-7-17(13)21(19,20)11-5-3-4-10(14)9(11)8-15/h3-5H,6-7H2,1-2H3,(H,16,18). The largest absolute Gasteiger partial charge is 0.353 e. The highest BCUT2D eigenvalue weighted by atomic mass is 32.2. The highest BCUT2D eigenvalue weighted by Crippen LogP contribution is 2.29. The van der Waals surface area contributed by atoms with E-state index < -0.39 is 37.7 Å². The molecule has 1 aromatic rings. The van der Waals surface area contributed by atoms with Gasteiger partial charge in [-0.25, -0.2) is 12.8 Å². The summed E-state index contributed by atoms with van der Waals surface area (Å²) in [5.74, 6) is -1.34. The Morgan fingerprint density at radius 1 is 1.43 bits per heavy atom. The summed E-state index contributed by atoms with van der Waals surface area (Å²) < 4.78 is 40.0. The topological polar surface area (TPSA) is 90.3 Å². The third-order valence-corrected chi connectivity index (χ3v) is 5.55. The fourth-order valence-corrected chi connectivity index (χ4v) is 4.15. The third-order valence-electron chi connectivity index (χ3n) is 3.43. The molecule has 1 N–H and O–H groups in total. The highest BCUT2D eigenvalue weighted by molar-refractivity contribution is 7.89. The van der Waals surface area contributed by atoms with E-state index in [2.05, 4.69) is 5.32 Å². The first-order valence-electron chi connectivity index (χ1n) is 6.22. The molecule has 0 unspecified atom stereocenters. The van der Waals surface area contributed by atoms with Crippen LogP contribution in [-0.2, 0) is 14.8 Å². The Morgan fingerprint density at radius 2 is 2.10 bits per heavy atom. The molecule has 1 aromatic carbocycles. The van der Waals surface area contributed by atoms with Gasteiger partial charge < -0.3 is 5.32 Å². The lowest BCUT2D eigenvalue weighted by molar-refractivity contribution is -0.131. The van der Waals surface area contributed by atoms with E-state index in [-0.39, 0.29) is 13.1 Å². The maximum Gasteiger partial charge on any atom is 0.245 e. The number of amides is 1. The van der Waals surface area contributed by atoms with Gasteiger partial charge in [-0.1, -0.05) is 6.07 Å². The van der Waals surface area contributed by atoms with Crippen molar-refractivity contribution in [3.63, 3.8) is 0 Å². The molecule has 1 aliphatic heterocycles. The van der Waals surface area contributed by atoms with Gasteiger partial charge in [-0.15, -0.1) is 0 Å². The van der Waals surface area contributed by atoms with Crippen LogP contribution in [0.15, 0.2) is 23.1 Å². The molecule has 1 amide bonds. The molecule has 8 heteroatoms. The minimum Gasteiger partial charge on any atom is -0.353 e. The molecule has 0 radical (unpaired) electrons. The van der Waals surface area contributed by atoms with Gasteiger partial charge in [-0.2, -0.15) is 9.57 Å². The number of nitrogens with one attached hydrogen (secondary N) is 1.